The standard InChI is InChI=1S/C23H25FN4O3.HI/c1-25-23(27-13-14-30-20-9-7-19(29-2)8-10-20)28-16-17-11-12-26-22(15-17)31-21-5-3-18(24)4-6-21;/h3-12,15H,13-14,16H2,1-2H3,(H2,25,27,28);1H. The summed E-state index contributed by atoms with van der Waals surface area (Å²) in [5.74, 6) is 2.85. The molecule has 2 aromatic carbocycles. The quantitative estimate of drug-likeness (QED) is 0.178. The van der Waals surface area contributed by atoms with Crippen LogP contribution in [0.3, 0.4) is 0 Å². The summed E-state index contributed by atoms with van der Waals surface area (Å²) in [6.45, 7) is 1.60. The van der Waals surface area contributed by atoms with Gasteiger partial charge >= 0.3 is 0 Å². The van der Waals surface area contributed by atoms with Crippen LogP contribution in [-0.2, 0) is 6.54 Å². The van der Waals surface area contributed by atoms with E-state index in [1.54, 1.807) is 32.5 Å². The van der Waals surface area contributed by atoms with E-state index in [9.17, 15) is 4.39 Å². The Labute approximate surface area is 204 Å². The summed E-state index contributed by atoms with van der Waals surface area (Å²) >= 11 is 0. The molecule has 0 spiro atoms. The summed E-state index contributed by atoms with van der Waals surface area (Å²) in [6, 6.07) is 16.9. The van der Waals surface area contributed by atoms with Crippen molar-refractivity contribution in [2.75, 3.05) is 27.3 Å². The largest absolute Gasteiger partial charge is 0.497 e. The third kappa shape index (κ3) is 8.22. The van der Waals surface area contributed by atoms with Crippen LogP contribution in [0, 0.1) is 5.82 Å². The molecule has 0 aliphatic carbocycles. The Kier molecular flexibility index (Phi) is 10.5. The Balaban J connectivity index is 0.00000363. The molecule has 0 aliphatic heterocycles. The lowest BCUT2D eigenvalue weighted by Gasteiger charge is -2.13. The molecule has 1 heterocycles. The number of aromatic nitrogens is 1. The first-order valence-electron chi connectivity index (χ1n) is 9.76. The number of guanidine groups is 1. The van der Waals surface area contributed by atoms with Gasteiger partial charge in [0.05, 0.1) is 13.7 Å². The number of hydrogen-bond acceptors (Lipinski definition) is 5. The van der Waals surface area contributed by atoms with Crippen LogP contribution in [0.4, 0.5) is 4.39 Å². The highest BCUT2D eigenvalue weighted by Crippen LogP contribution is 2.20. The van der Waals surface area contributed by atoms with Gasteiger partial charge in [0.1, 0.15) is 29.7 Å². The topological polar surface area (TPSA) is 77.0 Å². The molecular weight excluding hydrogens is 526 g/mol. The molecule has 32 heavy (non-hydrogen) atoms. The summed E-state index contributed by atoms with van der Waals surface area (Å²) < 4.78 is 29.5. The van der Waals surface area contributed by atoms with Gasteiger partial charge < -0.3 is 24.8 Å². The fourth-order valence-corrected chi connectivity index (χ4v) is 2.66. The molecule has 0 amide bonds. The Morgan fingerprint density at radius 3 is 2.34 bits per heavy atom. The van der Waals surface area contributed by atoms with Gasteiger partial charge in [-0.25, -0.2) is 9.37 Å². The fraction of sp³-hybridized carbons (Fsp3) is 0.217. The maximum Gasteiger partial charge on any atom is 0.219 e. The van der Waals surface area contributed by atoms with Crippen LogP contribution in [0.5, 0.6) is 23.1 Å². The first-order chi connectivity index (χ1) is 15.2. The number of nitrogens with zero attached hydrogens (tertiary/aromatic N) is 2. The van der Waals surface area contributed by atoms with Gasteiger partial charge in [0.2, 0.25) is 5.88 Å². The molecule has 0 unspecified atom stereocenters. The molecule has 0 aliphatic rings. The molecule has 1 aromatic heterocycles. The number of ether oxygens (including phenoxy) is 3. The van der Waals surface area contributed by atoms with Crippen LogP contribution in [0.15, 0.2) is 71.9 Å². The van der Waals surface area contributed by atoms with Crippen LogP contribution in [-0.4, -0.2) is 38.3 Å². The minimum atomic E-state index is -0.313. The average molecular weight is 552 g/mol. The van der Waals surface area contributed by atoms with E-state index in [0.717, 1.165) is 17.1 Å². The molecule has 0 bridgehead atoms. The molecule has 3 rings (SSSR count). The molecule has 0 saturated carbocycles. The number of hydrogen-bond donors (Lipinski definition) is 2. The summed E-state index contributed by atoms with van der Waals surface area (Å²) in [4.78, 5) is 8.40. The molecule has 0 saturated heterocycles. The first-order valence-corrected chi connectivity index (χ1v) is 9.76. The highest BCUT2D eigenvalue weighted by Gasteiger charge is 2.03. The van der Waals surface area contributed by atoms with Crippen molar-refractivity contribution in [3.05, 3.63) is 78.2 Å². The second-order valence-corrected chi connectivity index (χ2v) is 6.43. The van der Waals surface area contributed by atoms with Gasteiger partial charge in [0.25, 0.3) is 0 Å². The molecule has 7 nitrogen and oxygen atoms in total. The maximum absolute atomic E-state index is 13.0. The molecular formula is C23H26FIN4O3. The average Bonchev–Trinajstić information content (AvgIpc) is 2.81. The van der Waals surface area contributed by atoms with E-state index in [0.29, 0.717) is 37.3 Å². The lowest BCUT2D eigenvalue weighted by atomic mass is 10.2. The lowest BCUT2D eigenvalue weighted by Crippen LogP contribution is -2.38. The van der Waals surface area contributed by atoms with Gasteiger partial charge in [-0.05, 0) is 60.2 Å². The fourth-order valence-electron chi connectivity index (χ4n) is 2.66. The van der Waals surface area contributed by atoms with E-state index in [2.05, 4.69) is 20.6 Å². The van der Waals surface area contributed by atoms with E-state index in [1.807, 2.05) is 36.4 Å². The number of nitrogens with one attached hydrogen (secondary N) is 2. The van der Waals surface area contributed by atoms with Gasteiger partial charge in [0.15, 0.2) is 5.96 Å². The third-order valence-electron chi connectivity index (χ3n) is 4.24. The van der Waals surface area contributed by atoms with Gasteiger partial charge in [-0.15, -0.1) is 24.0 Å². The van der Waals surface area contributed by atoms with E-state index < -0.39 is 0 Å². The minimum Gasteiger partial charge on any atom is -0.497 e. The monoisotopic (exact) mass is 552 g/mol. The van der Waals surface area contributed by atoms with Crippen molar-refractivity contribution in [3.8, 4) is 23.1 Å². The summed E-state index contributed by atoms with van der Waals surface area (Å²) in [6.07, 6.45) is 1.66. The Morgan fingerprint density at radius 1 is 0.969 bits per heavy atom. The minimum absolute atomic E-state index is 0. The van der Waals surface area contributed by atoms with Crippen molar-refractivity contribution in [2.24, 2.45) is 4.99 Å². The summed E-state index contributed by atoms with van der Waals surface area (Å²) in [7, 11) is 3.33. The van der Waals surface area contributed by atoms with Crippen LogP contribution in [0.25, 0.3) is 0 Å². The number of aliphatic imine (C=N–C) groups is 1. The first kappa shape index (κ1) is 25.2. The molecule has 3 aromatic rings. The molecule has 170 valence electrons. The smallest absolute Gasteiger partial charge is 0.219 e. The van der Waals surface area contributed by atoms with E-state index >= 15 is 0 Å². The predicted octanol–water partition coefficient (Wildman–Crippen LogP) is 4.38. The third-order valence-corrected chi connectivity index (χ3v) is 4.24. The van der Waals surface area contributed by atoms with Crippen LogP contribution in [0.1, 0.15) is 5.56 Å². The Bertz CT molecular complexity index is 985. The molecule has 0 radical (unpaired) electrons. The SMILES string of the molecule is CN=C(NCCOc1ccc(OC)cc1)NCc1ccnc(Oc2ccc(F)cc2)c1.I. The highest BCUT2D eigenvalue weighted by molar-refractivity contribution is 14.0. The van der Waals surface area contributed by atoms with Crippen molar-refractivity contribution in [1.29, 1.82) is 0 Å². The molecule has 9 heteroatoms. The zero-order valence-corrected chi connectivity index (χ0v) is 20.2. The van der Waals surface area contributed by atoms with E-state index in [4.69, 9.17) is 14.2 Å². The Hall–Kier alpha value is -3.08. The van der Waals surface area contributed by atoms with Gasteiger partial charge in [0, 0.05) is 25.9 Å². The van der Waals surface area contributed by atoms with Crippen LogP contribution in [0.2, 0.25) is 0 Å². The van der Waals surface area contributed by atoms with Gasteiger partial charge in [-0.2, -0.15) is 0 Å². The summed E-state index contributed by atoms with van der Waals surface area (Å²) in [5.41, 5.74) is 0.963. The van der Waals surface area contributed by atoms with Gasteiger partial charge in [-0.1, -0.05) is 0 Å². The number of rotatable bonds is 9. The number of methoxy groups -OCH3 is 1. The van der Waals surface area contributed by atoms with Crippen molar-refractivity contribution in [2.45, 2.75) is 6.54 Å². The van der Waals surface area contributed by atoms with Crippen LogP contribution >= 0.6 is 24.0 Å². The second kappa shape index (κ2) is 13.4. The maximum atomic E-state index is 13.0. The van der Waals surface area contributed by atoms with Crippen LogP contribution < -0.4 is 24.8 Å². The Morgan fingerprint density at radius 2 is 1.66 bits per heavy atom. The molecule has 0 atom stereocenters. The number of halogens is 2. The molecule has 0 fully saturated rings. The van der Waals surface area contributed by atoms with Crippen molar-refractivity contribution in [3.63, 3.8) is 0 Å². The predicted molar refractivity (Wildman–Crippen MR) is 133 cm³/mol. The van der Waals surface area contributed by atoms with Gasteiger partial charge in [-0.3, -0.25) is 4.99 Å². The molecule has 2 N–H and O–H groups in total. The van der Waals surface area contributed by atoms with Crippen molar-refractivity contribution >= 4 is 29.9 Å². The second-order valence-electron chi connectivity index (χ2n) is 6.43. The zero-order chi connectivity index (χ0) is 21.9. The lowest BCUT2D eigenvalue weighted by molar-refractivity contribution is 0.321. The van der Waals surface area contributed by atoms with Crippen molar-refractivity contribution in [1.82, 2.24) is 15.6 Å². The van der Waals surface area contributed by atoms with E-state index in [-0.39, 0.29) is 29.8 Å². The summed E-state index contributed by atoms with van der Waals surface area (Å²) in [5, 5.41) is 6.43. The van der Waals surface area contributed by atoms with Crippen molar-refractivity contribution < 1.29 is 18.6 Å². The highest BCUT2D eigenvalue weighted by atomic mass is 127. The number of pyridine rings is 1. The zero-order valence-electron chi connectivity index (χ0n) is 17.9. The number of benzene rings is 2. The van der Waals surface area contributed by atoms with E-state index in [1.165, 1.54) is 12.1 Å². The normalized spacial score (nSPS) is 10.7.